The van der Waals surface area contributed by atoms with Crippen molar-refractivity contribution in [1.82, 2.24) is 29.8 Å². The second-order valence-electron chi connectivity index (χ2n) is 4.09. The van der Waals surface area contributed by atoms with E-state index in [9.17, 15) is 0 Å². The zero-order chi connectivity index (χ0) is 13.1. The summed E-state index contributed by atoms with van der Waals surface area (Å²) in [6, 6.07) is 7.91. The SMILES string of the molecule is Cn1cc(CNc2ccccc2-n2cncn2)nn1. The van der Waals surface area contributed by atoms with E-state index in [1.807, 2.05) is 37.5 Å². The summed E-state index contributed by atoms with van der Waals surface area (Å²) in [5.74, 6) is 0. The van der Waals surface area contributed by atoms with Crippen molar-refractivity contribution < 1.29 is 0 Å². The lowest BCUT2D eigenvalue weighted by atomic mass is 10.2. The largest absolute Gasteiger partial charge is 0.378 e. The summed E-state index contributed by atoms with van der Waals surface area (Å²) in [4.78, 5) is 3.96. The van der Waals surface area contributed by atoms with Gasteiger partial charge in [-0.1, -0.05) is 17.3 Å². The molecule has 2 heterocycles. The van der Waals surface area contributed by atoms with Crippen molar-refractivity contribution in [2.24, 2.45) is 7.05 Å². The molecule has 0 unspecified atom stereocenters. The zero-order valence-electron chi connectivity index (χ0n) is 10.4. The molecule has 0 aliphatic carbocycles. The van der Waals surface area contributed by atoms with E-state index in [2.05, 4.69) is 25.7 Å². The van der Waals surface area contributed by atoms with Crippen LogP contribution in [0.15, 0.2) is 43.1 Å². The predicted octanol–water partition coefficient (Wildman–Crippen LogP) is 1.01. The van der Waals surface area contributed by atoms with Crippen molar-refractivity contribution in [3.05, 3.63) is 48.8 Å². The molecule has 1 aromatic carbocycles. The van der Waals surface area contributed by atoms with Gasteiger partial charge >= 0.3 is 0 Å². The van der Waals surface area contributed by atoms with E-state index in [0.29, 0.717) is 6.54 Å². The first-order valence-electron chi connectivity index (χ1n) is 5.86. The fourth-order valence-electron chi connectivity index (χ4n) is 1.82. The van der Waals surface area contributed by atoms with E-state index in [1.54, 1.807) is 15.7 Å². The van der Waals surface area contributed by atoms with Crippen LogP contribution < -0.4 is 5.32 Å². The number of rotatable bonds is 4. The summed E-state index contributed by atoms with van der Waals surface area (Å²) in [5.41, 5.74) is 2.80. The highest BCUT2D eigenvalue weighted by Gasteiger charge is 2.05. The first-order valence-corrected chi connectivity index (χ1v) is 5.86. The Morgan fingerprint density at radius 2 is 2.16 bits per heavy atom. The van der Waals surface area contributed by atoms with Crippen LogP contribution in [0.25, 0.3) is 5.69 Å². The average molecular weight is 255 g/mol. The van der Waals surface area contributed by atoms with Crippen LogP contribution in [-0.2, 0) is 13.6 Å². The van der Waals surface area contributed by atoms with Crippen molar-refractivity contribution in [2.45, 2.75) is 6.54 Å². The Morgan fingerprint density at radius 3 is 2.89 bits per heavy atom. The molecular formula is C12H13N7. The highest BCUT2D eigenvalue weighted by atomic mass is 15.4. The molecule has 1 N–H and O–H groups in total. The van der Waals surface area contributed by atoms with E-state index in [4.69, 9.17) is 0 Å². The second kappa shape index (κ2) is 4.89. The maximum Gasteiger partial charge on any atom is 0.138 e. The Morgan fingerprint density at radius 1 is 1.26 bits per heavy atom. The predicted molar refractivity (Wildman–Crippen MR) is 69.7 cm³/mol. The number of nitrogens with one attached hydrogen (secondary N) is 1. The molecule has 0 saturated heterocycles. The summed E-state index contributed by atoms with van der Waals surface area (Å²) >= 11 is 0. The third-order valence-electron chi connectivity index (χ3n) is 2.68. The molecule has 3 rings (SSSR count). The van der Waals surface area contributed by atoms with Gasteiger partial charge in [0.2, 0.25) is 0 Å². The van der Waals surface area contributed by atoms with Crippen molar-refractivity contribution in [3.8, 4) is 5.69 Å². The molecule has 0 spiro atoms. The minimum atomic E-state index is 0.611. The molecule has 0 bridgehead atoms. The lowest BCUT2D eigenvalue weighted by molar-refractivity contribution is 0.713. The Balaban J connectivity index is 1.81. The maximum atomic E-state index is 4.14. The van der Waals surface area contributed by atoms with Gasteiger partial charge in [-0.05, 0) is 12.1 Å². The number of para-hydroxylation sites is 2. The first-order chi connectivity index (χ1) is 9.33. The van der Waals surface area contributed by atoms with Gasteiger partial charge in [0.15, 0.2) is 0 Å². The molecule has 0 aliphatic rings. The molecule has 7 nitrogen and oxygen atoms in total. The average Bonchev–Trinajstić information content (AvgIpc) is 3.08. The maximum absolute atomic E-state index is 4.14. The number of benzene rings is 1. The molecule has 0 amide bonds. The van der Waals surface area contributed by atoms with Gasteiger partial charge in [-0.2, -0.15) is 5.10 Å². The van der Waals surface area contributed by atoms with E-state index >= 15 is 0 Å². The minimum Gasteiger partial charge on any atom is -0.378 e. The van der Waals surface area contributed by atoms with Crippen LogP contribution in [0, 0.1) is 0 Å². The van der Waals surface area contributed by atoms with Crippen molar-refractivity contribution in [3.63, 3.8) is 0 Å². The van der Waals surface area contributed by atoms with Crippen molar-refractivity contribution in [1.29, 1.82) is 0 Å². The van der Waals surface area contributed by atoms with Crippen LogP contribution in [-0.4, -0.2) is 29.8 Å². The third-order valence-corrected chi connectivity index (χ3v) is 2.68. The Labute approximate surface area is 109 Å². The third kappa shape index (κ3) is 2.44. The van der Waals surface area contributed by atoms with E-state index < -0.39 is 0 Å². The Bertz CT molecular complexity index is 656. The molecule has 0 saturated carbocycles. The number of anilines is 1. The van der Waals surface area contributed by atoms with Crippen LogP contribution in [0.2, 0.25) is 0 Å². The summed E-state index contributed by atoms with van der Waals surface area (Å²) in [7, 11) is 1.85. The normalized spacial score (nSPS) is 10.6. The molecule has 19 heavy (non-hydrogen) atoms. The number of hydrogen-bond donors (Lipinski definition) is 1. The number of nitrogens with zero attached hydrogens (tertiary/aromatic N) is 6. The lowest BCUT2D eigenvalue weighted by Gasteiger charge is -2.10. The number of aromatic nitrogens is 6. The van der Waals surface area contributed by atoms with Gasteiger partial charge in [0.05, 0.1) is 17.9 Å². The Hall–Kier alpha value is -2.70. The quantitative estimate of drug-likeness (QED) is 0.753. The van der Waals surface area contributed by atoms with Crippen molar-refractivity contribution in [2.75, 3.05) is 5.32 Å². The molecule has 0 fully saturated rings. The van der Waals surface area contributed by atoms with Crippen LogP contribution in [0.5, 0.6) is 0 Å². The second-order valence-corrected chi connectivity index (χ2v) is 4.09. The molecule has 0 aliphatic heterocycles. The lowest BCUT2D eigenvalue weighted by Crippen LogP contribution is -2.05. The van der Waals surface area contributed by atoms with Gasteiger partial charge in [0.1, 0.15) is 18.3 Å². The van der Waals surface area contributed by atoms with E-state index in [1.165, 1.54) is 6.33 Å². The molecule has 3 aromatic rings. The summed E-state index contributed by atoms with van der Waals surface area (Å²) in [6.07, 6.45) is 5.06. The van der Waals surface area contributed by atoms with Gasteiger partial charge in [-0.3, -0.25) is 4.68 Å². The number of hydrogen-bond acceptors (Lipinski definition) is 5. The standard InChI is InChI=1S/C12H13N7/c1-18-7-10(16-17-18)6-14-11-4-2-3-5-12(11)19-9-13-8-15-19/h2-5,7-9,14H,6H2,1H3. The fourth-order valence-corrected chi connectivity index (χ4v) is 1.82. The first kappa shape index (κ1) is 11.4. The summed E-state index contributed by atoms with van der Waals surface area (Å²) in [5, 5.41) is 15.4. The van der Waals surface area contributed by atoms with Crippen molar-refractivity contribution >= 4 is 5.69 Å². The monoisotopic (exact) mass is 255 g/mol. The zero-order valence-corrected chi connectivity index (χ0v) is 10.4. The highest BCUT2D eigenvalue weighted by Crippen LogP contribution is 2.18. The fraction of sp³-hybridized carbons (Fsp3) is 0.167. The minimum absolute atomic E-state index is 0.611. The van der Waals surface area contributed by atoms with Crippen LogP contribution in [0.4, 0.5) is 5.69 Å². The molecule has 2 aromatic heterocycles. The van der Waals surface area contributed by atoms with Gasteiger partial charge in [0, 0.05) is 13.2 Å². The van der Waals surface area contributed by atoms with Crippen LogP contribution in [0.3, 0.4) is 0 Å². The summed E-state index contributed by atoms with van der Waals surface area (Å²) in [6.45, 7) is 0.611. The van der Waals surface area contributed by atoms with Crippen LogP contribution >= 0.6 is 0 Å². The molecule has 0 atom stereocenters. The van der Waals surface area contributed by atoms with E-state index in [-0.39, 0.29) is 0 Å². The van der Waals surface area contributed by atoms with Gasteiger partial charge in [-0.15, -0.1) is 5.10 Å². The van der Waals surface area contributed by atoms with E-state index in [0.717, 1.165) is 17.1 Å². The molecular weight excluding hydrogens is 242 g/mol. The smallest absolute Gasteiger partial charge is 0.138 e. The molecule has 0 radical (unpaired) electrons. The molecule has 96 valence electrons. The van der Waals surface area contributed by atoms with Gasteiger partial charge < -0.3 is 5.32 Å². The van der Waals surface area contributed by atoms with Gasteiger partial charge in [0.25, 0.3) is 0 Å². The van der Waals surface area contributed by atoms with Crippen LogP contribution in [0.1, 0.15) is 5.69 Å². The summed E-state index contributed by atoms with van der Waals surface area (Å²) < 4.78 is 3.40. The topological polar surface area (TPSA) is 73.5 Å². The van der Waals surface area contributed by atoms with Gasteiger partial charge in [-0.25, -0.2) is 9.67 Å². The number of aryl methyl sites for hydroxylation is 1. The Kier molecular flexibility index (Phi) is 2.93. The molecule has 7 heteroatoms. The highest BCUT2D eigenvalue weighted by molar-refractivity contribution is 5.60.